The quantitative estimate of drug-likeness (QED) is 0.764. The third-order valence-corrected chi connectivity index (χ3v) is 9.52. The zero-order chi connectivity index (χ0) is 21.2. The van der Waals surface area contributed by atoms with E-state index in [2.05, 4.69) is 46.9 Å². The van der Waals surface area contributed by atoms with Gasteiger partial charge in [-0.3, -0.25) is 9.59 Å². The van der Waals surface area contributed by atoms with Crippen molar-refractivity contribution in [3.63, 3.8) is 0 Å². The Labute approximate surface area is 176 Å². The third kappa shape index (κ3) is 2.91. The maximum absolute atomic E-state index is 13.3. The van der Waals surface area contributed by atoms with Gasteiger partial charge in [-0.15, -0.1) is 0 Å². The largest absolute Gasteiger partial charge is 0.387 e. The van der Waals surface area contributed by atoms with Crippen molar-refractivity contribution in [2.75, 3.05) is 19.6 Å². The molecule has 0 unspecified atom stereocenters. The number of hydrogen-bond donors (Lipinski definition) is 1. The van der Waals surface area contributed by atoms with E-state index in [1.165, 1.54) is 18.5 Å². The van der Waals surface area contributed by atoms with E-state index in [9.17, 15) is 9.59 Å². The molecule has 29 heavy (non-hydrogen) atoms. The van der Waals surface area contributed by atoms with Crippen LogP contribution in [0.3, 0.4) is 0 Å². The van der Waals surface area contributed by atoms with Gasteiger partial charge in [0.25, 0.3) is 0 Å². The monoisotopic (exact) mass is 400 g/mol. The summed E-state index contributed by atoms with van der Waals surface area (Å²) in [6, 6.07) is 0. The first-order chi connectivity index (χ1) is 13.6. The Morgan fingerprint density at radius 1 is 1.10 bits per heavy atom. The minimum absolute atomic E-state index is 0.0582. The summed E-state index contributed by atoms with van der Waals surface area (Å²) >= 11 is 0. The van der Waals surface area contributed by atoms with Crippen LogP contribution in [0.15, 0.2) is 11.8 Å². The van der Waals surface area contributed by atoms with Crippen LogP contribution in [0.1, 0.15) is 73.6 Å². The Hall–Kier alpha value is -1.32. The molecule has 1 heterocycles. The molecule has 0 radical (unpaired) electrons. The van der Waals surface area contributed by atoms with Crippen LogP contribution >= 0.6 is 0 Å². The zero-order valence-electron chi connectivity index (χ0n) is 19.3. The highest BCUT2D eigenvalue weighted by Crippen LogP contribution is 2.65. The summed E-state index contributed by atoms with van der Waals surface area (Å²) in [6.07, 6.45) is 7.39. The van der Waals surface area contributed by atoms with Crippen molar-refractivity contribution < 1.29 is 9.59 Å². The van der Waals surface area contributed by atoms with Gasteiger partial charge in [-0.1, -0.05) is 27.7 Å². The number of piperidine rings is 1. The van der Waals surface area contributed by atoms with E-state index in [0.29, 0.717) is 23.7 Å². The smallest absolute Gasteiger partial charge is 0.226 e. The van der Waals surface area contributed by atoms with Gasteiger partial charge in [-0.05, 0) is 69.1 Å². The minimum atomic E-state index is -0.278. The first-order valence-corrected chi connectivity index (χ1v) is 11.9. The van der Waals surface area contributed by atoms with Gasteiger partial charge in [0.05, 0.1) is 0 Å². The zero-order valence-corrected chi connectivity index (χ0v) is 19.3. The Morgan fingerprint density at radius 2 is 1.79 bits per heavy atom. The summed E-state index contributed by atoms with van der Waals surface area (Å²) in [5.74, 6) is 2.66. The van der Waals surface area contributed by atoms with Crippen molar-refractivity contribution in [1.29, 1.82) is 0 Å². The average molecular weight is 401 g/mol. The molecule has 0 bridgehead atoms. The van der Waals surface area contributed by atoms with Crippen LogP contribution in [0.5, 0.6) is 0 Å². The molecule has 4 nitrogen and oxygen atoms in total. The molecule has 3 fully saturated rings. The number of allylic oxidation sites excluding steroid dienone is 2. The first kappa shape index (κ1) is 20.9. The lowest BCUT2D eigenvalue weighted by atomic mass is 9.48. The highest BCUT2D eigenvalue weighted by molar-refractivity contribution is 5.96. The lowest BCUT2D eigenvalue weighted by molar-refractivity contribution is -0.143. The summed E-state index contributed by atoms with van der Waals surface area (Å²) in [6.45, 7) is 15.8. The second-order valence-corrected chi connectivity index (χ2v) is 11.3. The van der Waals surface area contributed by atoms with E-state index < -0.39 is 0 Å². The molecule has 4 heteroatoms. The molecule has 4 aliphatic rings. The SMILES string of the molecule is CCN(CC)C(=O)[C@H]1CC[C@H]2[C@@H]3CNC4=CC(=O)C(C)(C)C[C@]4(C)[C@H]3CC[C@]12C. The van der Waals surface area contributed by atoms with Gasteiger partial charge in [-0.25, -0.2) is 0 Å². The summed E-state index contributed by atoms with van der Waals surface area (Å²) < 4.78 is 0. The van der Waals surface area contributed by atoms with Gasteiger partial charge < -0.3 is 10.2 Å². The van der Waals surface area contributed by atoms with Gasteiger partial charge in [0.15, 0.2) is 5.78 Å². The third-order valence-electron chi connectivity index (χ3n) is 9.52. The molecule has 1 amide bonds. The molecule has 162 valence electrons. The highest BCUT2D eigenvalue weighted by atomic mass is 16.2. The standard InChI is InChI=1S/C25H40N2O2/c1-7-27(8-2)22(29)19-10-9-17-16-14-26-20-13-21(28)23(3,4)15-25(20,6)18(16)11-12-24(17,19)5/h13,16-19,26H,7-12,14-15H2,1-6H3/t16-,17-,18-,19+,24-,25+/m0/s1. The average Bonchev–Trinajstić information content (AvgIpc) is 3.01. The second-order valence-electron chi connectivity index (χ2n) is 11.3. The predicted octanol–water partition coefficient (Wildman–Crippen LogP) is 4.41. The van der Waals surface area contributed by atoms with Crippen LogP contribution in [0.4, 0.5) is 0 Å². The molecule has 0 aromatic rings. The number of fused-ring (bicyclic) bond motifs is 5. The second kappa shape index (κ2) is 6.85. The van der Waals surface area contributed by atoms with Crippen molar-refractivity contribution in [3.8, 4) is 0 Å². The van der Waals surface area contributed by atoms with E-state index in [1.54, 1.807) is 0 Å². The highest BCUT2D eigenvalue weighted by Gasteiger charge is 2.61. The fraction of sp³-hybridized carbons (Fsp3) is 0.840. The normalized spacial score (nSPS) is 42.8. The maximum atomic E-state index is 13.3. The Balaban J connectivity index is 1.63. The van der Waals surface area contributed by atoms with Crippen molar-refractivity contribution in [2.45, 2.75) is 73.6 Å². The van der Waals surface area contributed by atoms with Crippen molar-refractivity contribution in [2.24, 2.45) is 39.9 Å². The Kier molecular flexibility index (Phi) is 4.94. The van der Waals surface area contributed by atoms with Gasteiger partial charge in [-0.2, -0.15) is 0 Å². The van der Waals surface area contributed by atoms with Crippen molar-refractivity contribution in [1.82, 2.24) is 10.2 Å². The molecule has 1 N–H and O–H groups in total. The molecule has 1 saturated heterocycles. The molecule has 4 rings (SSSR count). The number of hydrogen-bond acceptors (Lipinski definition) is 3. The lowest BCUT2D eigenvalue weighted by Gasteiger charge is -2.59. The topological polar surface area (TPSA) is 49.4 Å². The molecular weight excluding hydrogens is 360 g/mol. The number of nitrogens with one attached hydrogen (secondary N) is 1. The minimum Gasteiger partial charge on any atom is -0.387 e. The van der Waals surface area contributed by atoms with Crippen LogP contribution < -0.4 is 5.32 Å². The van der Waals surface area contributed by atoms with Crippen molar-refractivity contribution in [3.05, 3.63) is 11.8 Å². The number of rotatable bonds is 3. The first-order valence-electron chi connectivity index (χ1n) is 11.9. The number of carbonyl (C=O) groups excluding carboxylic acids is 2. The van der Waals surface area contributed by atoms with E-state index in [-0.39, 0.29) is 27.9 Å². The molecule has 3 aliphatic carbocycles. The van der Waals surface area contributed by atoms with E-state index in [4.69, 9.17) is 0 Å². The number of nitrogens with zero attached hydrogens (tertiary/aromatic N) is 1. The molecule has 1 aliphatic heterocycles. The molecule has 6 atom stereocenters. The van der Waals surface area contributed by atoms with Crippen LogP contribution in [-0.4, -0.2) is 36.2 Å². The summed E-state index contributed by atoms with van der Waals surface area (Å²) in [5.41, 5.74) is 1.09. The van der Waals surface area contributed by atoms with Crippen molar-refractivity contribution >= 4 is 11.7 Å². The Morgan fingerprint density at radius 3 is 2.45 bits per heavy atom. The van der Waals surface area contributed by atoms with E-state index in [1.807, 2.05) is 11.0 Å². The van der Waals surface area contributed by atoms with Crippen LogP contribution in [0.2, 0.25) is 0 Å². The molecule has 0 aromatic carbocycles. The molecular formula is C25H40N2O2. The Bertz CT molecular complexity index is 737. The molecule has 0 spiro atoms. The van der Waals surface area contributed by atoms with Gasteiger partial charge in [0, 0.05) is 48.2 Å². The fourth-order valence-electron chi connectivity index (χ4n) is 7.93. The van der Waals surface area contributed by atoms with E-state index >= 15 is 0 Å². The summed E-state index contributed by atoms with van der Waals surface area (Å²) in [7, 11) is 0. The van der Waals surface area contributed by atoms with E-state index in [0.717, 1.165) is 38.9 Å². The predicted molar refractivity (Wildman–Crippen MR) is 116 cm³/mol. The lowest BCUT2D eigenvalue weighted by Crippen LogP contribution is -2.59. The molecule has 0 aromatic heterocycles. The van der Waals surface area contributed by atoms with Gasteiger partial charge in [0.2, 0.25) is 5.91 Å². The van der Waals surface area contributed by atoms with Crippen LogP contribution in [0.25, 0.3) is 0 Å². The number of ketones is 1. The number of amides is 1. The summed E-state index contributed by atoms with van der Waals surface area (Å²) in [5, 5.41) is 3.69. The number of carbonyl (C=O) groups is 2. The summed E-state index contributed by atoms with van der Waals surface area (Å²) in [4.78, 5) is 27.9. The van der Waals surface area contributed by atoms with Crippen LogP contribution in [-0.2, 0) is 9.59 Å². The van der Waals surface area contributed by atoms with Gasteiger partial charge in [0.1, 0.15) is 0 Å². The maximum Gasteiger partial charge on any atom is 0.226 e. The van der Waals surface area contributed by atoms with Crippen LogP contribution in [0, 0.1) is 39.9 Å². The van der Waals surface area contributed by atoms with Gasteiger partial charge >= 0.3 is 0 Å². The fourth-order valence-corrected chi connectivity index (χ4v) is 7.93. The molecule has 2 saturated carbocycles.